The largest absolute Gasteiger partial charge is 0.458 e. The number of fused-ring (bicyclic) bond motifs is 1. The monoisotopic (exact) mass is 256 g/mol. The van der Waals surface area contributed by atoms with Crippen LogP contribution in [0.5, 0.6) is 0 Å². The first-order valence-electron chi connectivity index (χ1n) is 6.25. The quantitative estimate of drug-likeness (QED) is 0.563. The molecule has 0 bridgehead atoms. The number of rotatable bonds is 1. The molecule has 0 saturated carbocycles. The molecule has 0 spiro atoms. The minimum Gasteiger partial charge on any atom is -0.458 e. The highest BCUT2D eigenvalue weighted by atomic mass is 16.8. The van der Waals surface area contributed by atoms with Crippen molar-refractivity contribution in [2.24, 2.45) is 0 Å². The topological polar surface area (TPSA) is 65.0 Å². The van der Waals surface area contributed by atoms with Crippen LogP contribution in [0.15, 0.2) is 12.2 Å². The minimum atomic E-state index is -0.653. The molecule has 1 N–H and O–H groups in total. The number of hydrogen-bond acceptors (Lipinski definition) is 5. The Balaban J connectivity index is 2.11. The van der Waals surface area contributed by atoms with Gasteiger partial charge in [0.15, 0.2) is 5.79 Å². The molecule has 0 unspecified atom stereocenters. The van der Waals surface area contributed by atoms with E-state index < -0.39 is 11.9 Å². The number of carbonyl (C=O) groups is 1. The summed E-state index contributed by atoms with van der Waals surface area (Å²) in [6.45, 7) is 5.06. The van der Waals surface area contributed by atoms with Crippen molar-refractivity contribution in [3.63, 3.8) is 0 Å². The lowest BCUT2D eigenvalue weighted by atomic mass is 9.97. The first kappa shape index (κ1) is 13.5. The maximum absolute atomic E-state index is 11.0. The van der Waals surface area contributed by atoms with Crippen LogP contribution in [0.25, 0.3) is 0 Å². The zero-order valence-corrected chi connectivity index (χ0v) is 11.0. The van der Waals surface area contributed by atoms with Crippen molar-refractivity contribution in [2.75, 3.05) is 0 Å². The molecule has 1 fully saturated rings. The Morgan fingerprint density at radius 3 is 2.50 bits per heavy atom. The molecule has 0 aromatic heterocycles. The molecule has 1 heterocycles. The van der Waals surface area contributed by atoms with Gasteiger partial charge in [-0.2, -0.15) is 0 Å². The molecule has 0 aromatic rings. The summed E-state index contributed by atoms with van der Waals surface area (Å²) in [7, 11) is 0. The Morgan fingerprint density at radius 2 is 1.89 bits per heavy atom. The summed E-state index contributed by atoms with van der Waals surface area (Å²) in [6.07, 6.45) is 3.11. The zero-order valence-electron chi connectivity index (χ0n) is 11.0. The molecule has 5 heteroatoms. The average Bonchev–Trinajstić information content (AvgIpc) is 2.46. The third-order valence-electron chi connectivity index (χ3n) is 3.09. The lowest BCUT2D eigenvalue weighted by Gasteiger charge is -2.24. The first-order chi connectivity index (χ1) is 8.35. The molecule has 0 amide bonds. The van der Waals surface area contributed by atoms with Crippen molar-refractivity contribution in [2.45, 2.75) is 63.8 Å². The predicted molar refractivity (Wildman–Crippen MR) is 63.8 cm³/mol. The second-order valence-corrected chi connectivity index (χ2v) is 5.28. The summed E-state index contributed by atoms with van der Waals surface area (Å²) in [5, 5.41) is 9.82. The van der Waals surface area contributed by atoms with Gasteiger partial charge >= 0.3 is 5.97 Å². The van der Waals surface area contributed by atoms with Gasteiger partial charge in [-0.15, -0.1) is 0 Å². The van der Waals surface area contributed by atoms with Crippen LogP contribution >= 0.6 is 0 Å². The van der Waals surface area contributed by atoms with Crippen molar-refractivity contribution < 1.29 is 24.1 Å². The number of aliphatic hydroxyl groups is 1. The second kappa shape index (κ2) is 4.99. The van der Waals surface area contributed by atoms with Crippen LogP contribution in [-0.2, 0) is 19.0 Å². The Labute approximate surface area is 107 Å². The molecule has 2 rings (SSSR count). The standard InChI is InChI=1S/C13H20O5/c1-8(14)16-10-5-4-9(15)6-11-12(7-10)18-13(2,3)17-11/h4-5,9-12,15H,6-7H2,1-3H3/b5-4-/t9-,10+,11-,12+/m0/s1. The number of carbonyl (C=O) groups excluding carboxylic acids is 1. The summed E-state index contributed by atoms with van der Waals surface area (Å²) >= 11 is 0. The lowest BCUT2D eigenvalue weighted by molar-refractivity contribution is -0.152. The molecular formula is C13H20O5. The SMILES string of the molecule is CC(=O)O[C@@H]1/C=C\[C@H](O)C[C@@H]2OC(C)(C)O[C@@H]2C1. The molecule has 1 saturated heterocycles. The fourth-order valence-corrected chi connectivity index (χ4v) is 2.49. The molecule has 18 heavy (non-hydrogen) atoms. The first-order valence-corrected chi connectivity index (χ1v) is 6.25. The van der Waals surface area contributed by atoms with Crippen LogP contribution in [0.3, 0.4) is 0 Å². The van der Waals surface area contributed by atoms with Gasteiger partial charge in [0.25, 0.3) is 0 Å². The van der Waals surface area contributed by atoms with E-state index >= 15 is 0 Å². The fourth-order valence-electron chi connectivity index (χ4n) is 2.49. The highest BCUT2D eigenvalue weighted by Gasteiger charge is 2.43. The average molecular weight is 256 g/mol. The van der Waals surface area contributed by atoms with Crippen LogP contribution in [0.2, 0.25) is 0 Å². The van der Waals surface area contributed by atoms with E-state index in [1.165, 1.54) is 6.92 Å². The molecule has 2 aliphatic rings. The van der Waals surface area contributed by atoms with E-state index in [2.05, 4.69) is 0 Å². The van der Waals surface area contributed by atoms with Crippen LogP contribution < -0.4 is 0 Å². The molecule has 102 valence electrons. The number of esters is 1. The number of hydrogen-bond donors (Lipinski definition) is 1. The second-order valence-electron chi connectivity index (χ2n) is 5.28. The van der Waals surface area contributed by atoms with Crippen molar-refractivity contribution in [3.8, 4) is 0 Å². The van der Waals surface area contributed by atoms with Crippen molar-refractivity contribution in [3.05, 3.63) is 12.2 Å². The van der Waals surface area contributed by atoms with E-state index in [-0.39, 0.29) is 24.3 Å². The summed E-state index contributed by atoms with van der Waals surface area (Å²) in [6, 6.07) is 0. The summed E-state index contributed by atoms with van der Waals surface area (Å²) < 4.78 is 16.7. The maximum atomic E-state index is 11.0. The van der Waals surface area contributed by atoms with Gasteiger partial charge < -0.3 is 19.3 Å². The molecule has 0 radical (unpaired) electrons. The van der Waals surface area contributed by atoms with Crippen molar-refractivity contribution in [1.29, 1.82) is 0 Å². The van der Waals surface area contributed by atoms with E-state index in [0.717, 1.165) is 0 Å². The van der Waals surface area contributed by atoms with Crippen LogP contribution in [0.4, 0.5) is 0 Å². The number of ether oxygens (including phenoxy) is 3. The van der Waals surface area contributed by atoms with Crippen LogP contribution in [0, 0.1) is 0 Å². The Bertz CT molecular complexity index is 349. The van der Waals surface area contributed by atoms with Gasteiger partial charge in [-0.3, -0.25) is 4.79 Å². The fraction of sp³-hybridized carbons (Fsp3) is 0.769. The van der Waals surface area contributed by atoms with E-state index in [4.69, 9.17) is 14.2 Å². The minimum absolute atomic E-state index is 0.163. The van der Waals surface area contributed by atoms with Gasteiger partial charge in [0.05, 0.1) is 18.3 Å². The van der Waals surface area contributed by atoms with Crippen LogP contribution in [-0.4, -0.2) is 41.3 Å². The highest BCUT2D eigenvalue weighted by molar-refractivity contribution is 5.66. The van der Waals surface area contributed by atoms with Gasteiger partial charge in [-0.05, 0) is 19.9 Å². The van der Waals surface area contributed by atoms with E-state index in [1.54, 1.807) is 12.2 Å². The van der Waals surface area contributed by atoms with Crippen LogP contribution in [0.1, 0.15) is 33.6 Å². The van der Waals surface area contributed by atoms with Crippen molar-refractivity contribution in [1.82, 2.24) is 0 Å². The van der Waals surface area contributed by atoms with Gasteiger partial charge in [-0.25, -0.2) is 0 Å². The van der Waals surface area contributed by atoms with Gasteiger partial charge in [0.2, 0.25) is 0 Å². The zero-order chi connectivity index (χ0) is 13.3. The molecule has 1 aliphatic carbocycles. The molecular weight excluding hydrogens is 236 g/mol. The summed E-state index contributed by atoms with van der Waals surface area (Å²) in [5.41, 5.74) is 0. The van der Waals surface area contributed by atoms with E-state index in [0.29, 0.717) is 12.8 Å². The third kappa shape index (κ3) is 3.31. The Morgan fingerprint density at radius 1 is 1.28 bits per heavy atom. The Hall–Kier alpha value is -0.910. The highest BCUT2D eigenvalue weighted by Crippen LogP contribution is 2.34. The molecule has 5 nitrogen and oxygen atoms in total. The normalized spacial score (nSPS) is 40.4. The predicted octanol–water partition coefficient (Wildman–Crippen LogP) is 1.15. The third-order valence-corrected chi connectivity index (χ3v) is 3.09. The van der Waals surface area contributed by atoms with E-state index in [9.17, 15) is 9.90 Å². The lowest BCUT2D eigenvalue weighted by Crippen LogP contribution is -2.33. The summed E-state index contributed by atoms with van der Waals surface area (Å²) in [5.74, 6) is -0.991. The van der Waals surface area contributed by atoms with Gasteiger partial charge in [0, 0.05) is 19.8 Å². The molecule has 1 aliphatic heterocycles. The molecule has 4 atom stereocenters. The van der Waals surface area contributed by atoms with Crippen molar-refractivity contribution >= 4 is 5.97 Å². The number of aliphatic hydroxyl groups excluding tert-OH is 1. The van der Waals surface area contributed by atoms with E-state index in [1.807, 2.05) is 13.8 Å². The Kier molecular flexibility index (Phi) is 3.75. The van der Waals surface area contributed by atoms with Gasteiger partial charge in [0.1, 0.15) is 6.10 Å². The summed E-state index contributed by atoms with van der Waals surface area (Å²) in [4.78, 5) is 11.0. The smallest absolute Gasteiger partial charge is 0.303 e. The maximum Gasteiger partial charge on any atom is 0.303 e. The van der Waals surface area contributed by atoms with Gasteiger partial charge in [-0.1, -0.05) is 6.08 Å². The molecule has 0 aromatic carbocycles.